The van der Waals surface area contributed by atoms with Crippen molar-refractivity contribution in [3.63, 3.8) is 0 Å². The SMILES string of the molecule is CC(C)(C)CC(=O)Nc1cc2c3c(c1)c1c(n3CCC2)CCCC1. The highest BCUT2D eigenvalue weighted by Gasteiger charge is 2.25. The quantitative estimate of drug-likeness (QED) is 0.842. The summed E-state index contributed by atoms with van der Waals surface area (Å²) in [6.45, 7) is 7.48. The predicted molar refractivity (Wildman–Crippen MR) is 99.6 cm³/mol. The first kappa shape index (κ1) is 15.7. The second-order valence-corrected chi connectivity index (χ2v) is 8.70. The van der Waals surface area contributed by atoms with Crippen LogP contribution in [0.1, 0.15) is 63.3 Å². The minimum absolute atomic E-state index is 0.0188. The molecule has 128 valence electrons. The first-order chi connectivity index (χ1) is 11.4. The third-order valence-corrected chi connectivity index (χ3v) is 5.35. The van der Waals surface area contributed by atoms with Gasteiger partial charge in [-0.2, -0.15) is 0 Å². The minimum atomic E-state index is 0.0188. The summed E-state index contributed by atoms with van der Waals surface area (Å²) < 4.78 is 2.57. The molecule has 1 N–H and O–H groups in total. The zero-order valence-corrected chi connectivity index (χ0v) is 15.2. The van der Waals surface area contributed by atoms with Crippen LogP contribution in [0.4, 0.5) is 5.69 Å². The number of aryl methyl sites for hydroxylation is 3. The van der Waals surface area contributed by atoms with Gasteiger partial charge in [0.2, 0.25) is 5.91 Å². The van der Waals surface area contributed by atoms with E-state index in [4.69, 9.17) is 0 Å². The molecule has 0 bridgehead atoms. The number of fused-ring (bicyclic) bond motifs is 3. The zero-order chi connectivity index (χ0) is 16.9. The van der Waals surface area contributed by atoms with Crippen LogP contribution in [-0.2, 0) is 30.6 Å². The second-order valence-electron chi connectivity index (χ2n) is 8.70. The fraction of sp³-hybridized carbons (Fsp3) is 0.571. The van der Waals surface area contributed by atoms with Crippen LogP contribution in [0.15, 0.2) is 12.1 Å². The van der Waals surface area contributed by atoms with Crippen LogP contribution >= 0.6 is 0 Å². The molecule has 1 aliphatic heterocycles. The van der Waals surface area contributed by atoms with E-state index < -0.39 is 0 Å². The molecule has 1 amide bonds. The Morgan fingerprint density at radius 2 is 1.92 bits per heavy atom. The molecule has 2 aromatic rings. The highest BCUT2D eigenvalue weighted by molar-refractivity contribution is 5.97. The van der Waals surface area contributed by atoms with Gasteiger partial charge in [-0.25, -0.2) is 0 Å². The largest absolute Gasteiger partial charge is 0.344 e. The first-order valence-electron chi connectivity index (χ1n) is 9.39. The molecule has 0 fully saturated rings. The maximum atomic E-state index is 12.4. The number of nitrogens with zero attached hydrogens (tertiary/aromatic N) is 1. The van der Waals surface area contributed by atoms with Crippen LogP contribution in [0, 0.1) is 5.41 Å². The monoisotopic (exact) mass is 324 g/mol. The molecule has 0 saturated carbocycles. The number of hydrogen-bond acceptors (Lipinski definition) is 1. The summed E-state index contributed by atoms with van der Waals surface area (Å²) in [5, 5.41) is 4.55. The van der Waals surface area contributed by atoms with Gasteiger partial charge < -0.3 is 9.88 Å². The average Bonchev–Trinajstić information content (AvgIpc) is 2.82. The van der Waals surface area contributed by atoms with Gasteiger partial charge in [-0.05, 0) is 67.2 Å². The van der Waals surface area contributed by atoms with Crippen molar-refractivity contribution in [1.29, 1.82) is 0 Å². The Labute approximate surface area is 144 Å². The lowest BCUT2D eigenvalue weighted by molar-refractivity contribution is -0.117. The Morgan fingerprint density at radius 1 is 1.12 bits per heavy atom. The van der Waals surface area contributed by atoms with Crippen molar-refractivity contribution in [3.05, 3.63) is 29.0 Å². The fourth-order valence-corrected chi connectivity index (χ4v) is 4.48. The topological polar surface area (TPSA) is 34.0 Å². The smallest absolute Gasteiger partial charge is 0.224 e. The van der Waals surface area contributed by atoms with Crippen LogP contribution in [-0.4, -0.2) is 10.5 Å². The summed E-state index contributed by atoms with van der Waals surface area (Å²) in [7, 11) is 0. The summed E-state index contributed by atoms with van der Waals surface area (Å²) >= 11 is 0. The van der Waals surface area contributed by atoms with Crippen LogP contribution in [0.25, 0.3) is 10.9 Å². The third kappa shape index (κ3) is 2.74. The van der Waals surface area contributed by atoms with E-state index in [1.165, 1.54) is 48.6 Å². The van der Waals surface area contributed by atoms with Gasteiger partial charge in [0.1, 0.15) is 0 Å². The van der Waals surface area contributed by atoms with Crippen LogP contribution in [0.5, 0.6) is 0 Å². The molecule has 3 heteroatoms. The van der Waals surface area contributed by atoms with E-state index in [2.05, 4.69) is 42.8 Å². The number of rotatable bonds is 2. The van der Waals surface area contributed by atoms with E-state index in [0.29, 0.717) is 6.42 Å². The van der Waals surface area contributed by atoms with E-state index in [1.54, 1.807) is 11.3 Å². The molecule has 2 heterocycles. The Kier molecular flexibility index (Phi) is 3.70. The van der Waals surface area contributed by atoms with Crippen molar-refractivity contribution >= 4 is 22.5 Å². The molecule has 1 aromatic heterocycles. The number of amides is 1. The van der Waals surface area contributed by atoms with Crippen molar-refractivity contribution in [1.82, 2.24) is 4.57 Å². The van der Waals surface area contributed by atoms with Crippen molar-refractivity contribution < 1.29 is 4.79 Å². The van der Waals surface area contributed by atoms with Gasteiger partial charge in [0.15, 0.2) is 0 Å². The number of carbonyl (C=O) groups excluding carboxylic acids is 1. The molecule has 3 nitrogen and oxygen atoms in total. The molecule has 1 aliphatic carbocycles. The molecular formula is C21H28N2O. The molecule has 0 spiro atoms. The van der Waals surface area contributed by atoms with E-state index >= 15 is 0 Å². The second kappa shape index (κ2) is 5.65. The lowest BCUT2D eigenvalue weighted by Gasteiger charge is -2.20. The zero-order valence-electron chi connectivity index (χ0n) is 15.2. The van der Waals surface area contributed by atoms with Crippen LogP contribution < -0.4 is 5.32 Å². The minimum Gasteiger partial charge on any atom is -0.344 e. The molecule has 0 unspecified atom stereocenters. The summed E-state index contributed by atoms with van der Waals surface area (Å²) in [5.41, 5.74) is 6.98. The molecule has 0 radical (unpaired) electrons. The Balaban J connectivity index is 1.76. The average molecular weight is 324 g/mol. The van der Waals surface area contributed by atoms with Gasteiger partial charge >= 0.3 is 0 Å². The maximum absolute atomic E-state index is 12.4. The van der Waals surface area contributed by atoms with Crippen molar-refractivity contribution in [2.45, 2.75) is 72.3 Å². The van der Waals surface area contributed by atoms with Gasteiger partial charge in [0.05, 0.1) is 5.52 Å². The molecule has 0 atom stereocenters. The van der Waals surface area contributed by atoms with E-state index in [9.17, 15) is 4.79 Å². The Morgan fingerprint density at radius 3 is 2.71 bits per heavy atom. The van der Waals surface area contributed by atoms with Crippen molar-refractivity contribution in [2.24, 2.45) is 5.41 Å². The van der Waals surface area contributed by atoms with Crippen LogP contribution in [0.2, 0.25) is 0 Å². The summed E-state index contributed by atoms with van der Waals surface area (Å²) in [5.74, 6) is 0.123. The van der Waals surface area contributed by atoms with Crippen LogP contribution in [0.3, 0.4) is 0 Å². The number of carbonyl (C=O) groups is 1. The number of benzene rings is 1. The maximum Gasteiger partial charge on any atom is 0.224 e. The summed E-state index contributed by atoms with van der Waals surface area (Å²) in [4.78, 5) is 12.4. The Hall–Kier alpha value is -1.77. The lowest BCUT2D eigenvalue weighted by Crippen LogP contribution is -2.20. The number of nitrogens with one attached hydrogen (secondary N) is 1. The Bertz CT molecular complexity index is 808. The third-order valence-electron chi connectivity index (χ3n) is 5.35. The standard InChI is InChI=1S/C21H28N2O/c1-21(2,3)13-19(24)22-15-11-14-7-6-10-23-18-9-5-4-8-16(18)17(12-15)20(14)23/h11-12H,4-10,13H2,1-3H3,(H,22,24). The highest BCUT2D eigenvalue weighted by atomic mass is 16.1. The normalized spacial score (nSPS) is 17.0. The van der Waals surface area contributed by atoms with Crippen molar-refractivity contribution in [2.75, 3.05) is 5.32 Å². The number of aromatic nitrogens is 1. The van der Waals surface area contributed by atoms with E-state index in [1.807, 2.05) is 0 Å². The summed E-state index contributed by atoms with van der Waals surface area (Å²) in [6.07, 6.45) is 7.91. The molecule has 24 heavy (non-hydrogen) atoms. The molecular weight excluding hydrogens is 296 g/mol. The van der Waals surface area contributed by atoms with Gasteiger partial charge in [-0.1, -0.05) is 20.8 Å². The van der Waals surface area contributed by atoms with Gasteiger partial charge in [-0.15, -0.1) is 0 Å². The first-order valence-corrected chi connectivity index (χ1v) is 9.39. The molecule has 2 aliphatic rings. The lowest BCUT2D eigenvalue weighted by atomic mass is 9.92. The van der Waals surface area contributed by atoms with Gasteiger partial charge in [-0.3, -0.25) is 4.79 Å². The van der Waals surface area contributed by atoms with E-state index in [-0.39, 0.29) is 11.3 Å². The number of hydrogen-bond donors (Lipinski definition) is 1. The van der Waals surface area contributed by atoms with Gasteiger partial charge in [0.25, 0.3) is 0 Å². The van der Waals surface area contributed by atoms with E-state index in [0.717, 1.165) is 18.7 Å². The predicted octanol–water partition coefficient (Wildman–Crippen LogP) is 4.84. The van der Waals surface area contributed by atoms with Crippen molar-refractivity contribution in [3.8, 4) is 0 Å². The number of anilines is 1. The molecule has 1 aromatic carbocycles. The molecule has 4 rings (SSSR count). The molecule has 0 saturated heterocycles. The summed E-state index contributed by atoms with van der Waals surface area (Å²) in [6, 6.07) is 4.44. The fourth-order valence-electron chi connectivity index (χ4n) is 4.48. The highest BCUT2D eigenvalue weighted by Crippen LogP contribution is 2.38. The van der Waals surface area contributed by atoms with Gasteiger partial charge in [0, 0.05) is 29.7 Å².